The molecule has 1 fully saturated rings. The molecule has 2 aromatic rings. The second-order valence-corrected chi connectivity index (χ2v) is 6.86. The normalized spacial score (nSPS) is 16.7. The predicted octanol–water partition coefficient (Wildman–Crippen LogP) is 3.30. The molecule has 3 rings (SSSR count). The summed E-state index contributed by atoms with van der Waals surface area (Å²) in [6, 6.07) is 4.44. The Morgan fingerprint density at radius 1 is 1.18 bits per heavy atom. The average molecular weight is 414 g/mol. The van der Waals surface area contributed by atoms with Crippen molar-refractivity contribution in [1.29, 1.82) is 0 Å². The van der Waals surface area contributed by atoms with Crippen molar-refractivity contribution in [3.63, 3.8) is 0 Å². The highest BCUT2D eigenvalue weighted by Crippen LogP contribution is 2.36. The first-order valence-corrected chi connectivity index (χ1v) is 9.07. The maximum atomic E-state index is 13.2. The third-order valence-electron chi connectivity index (χ3n) is 4.62. The zero-order valence-corrected chi connectivity index (χ0v) is 15.8. The number of piperazine rings is 1. The largest absolute Gasteiger partial charge is 0.418 e. The van der Waals surface area contributed by atoms with E-state index in [0.29, 0.717) is 32.1 Å². The van der Waals surface area contributed by atoms with Gasteiger partial charge in [0.25, 0.3) is 0 Å². The molecule has 28 heavy (non-hydrogen) atoms. The molecule has 1 aromatic heterocycles. The summed E-state index contributed by atoms with van der Waals surface area (Å²) in [5.74, 6) is 0.118. The maximum Gasteiger partial charge on any atom is 0.418 e. The van der Waals surface area contributed by atoms with Gasteiger partial charge >= 0.3 is 6.18 Å². The summed E-state index contributed by atoms with van der Waals surface area (Å²) in [5, 5.41) is 2.34. The van der Waals surface area contributed by atoms with Crippen molar-refractivity contribution in [2.45, 2.75) is 19.1 Å². The van der Waals surface area contributed by atoms with Crippen molar-refractivity contribution in [1.82, 2.24) is 14.9 Å². The number of nitrogens with one attached hydrogen (secondary N) is 1. The summed E-state index contributed by atoms with van der Waals surface area (Å²) in [6.07, 6.45) is -1.29. The van der Waals surface area contributed by atoms with Crippen LogP contribution in [0.1, 0.15) is 12.5 Å². The van der Waals surface area contributed by atoms with E-state index in [4.69, 9.17) is 11.6 Å². The Balaban J connectivity index is 1.63. The molecule has 0 bridgehead atoms. The molecular weight excluding hydrogens is 395 g/mol. The van der Waals surface area contributed by atoms with E-state index < -0.39 is 23.7 Å². The van der Waals surface area contributed by atoms with Gasteiger partial charge in [0.2, 0.25) is 11.9 Å². The molecule has 1 aliphatic heterocycles. The van der Waals surface area contributed by atoms with Crippen LogP contribution in [0.4, 0.5) is 24.8 Å². The first kappa shape index (κ1) is 20.3. The number of carbonyl (C=O) groups is 1. The molecule has 10 heteroatoms. The van der Waals surface area contributed by atoms with Crippen LogP contribution in [0.2, 0.25) is 5.02 Å². The minimum absolute atomic E-state index is 0.0439. The van der Waals surface area contributed by atoms with Gasteiger partial charge in [-0.1, -0.05) is 11.6 Å². The summed E-state index contributed by atoms with van der Waals surface area (Å²) in [5.41, 5.74) is -1.27. The molecule has 0 spiro atoms. The highest BCUT2D eigenvalue weighted by atomic mass is 35.5. The number of anilines is 2. The quantitative estimate of drug-likeness (QED) is 0.833. The summed E-state index contributed by atoms with van der Waals surface area (Å²) in [6.45, 7) is 4.05. The molecule has 2 heterocycles. The van der Waals surface area contributed by atoms with E-state index in [1.165, 1.54) is 12.1 Å². The zero-order valence-electron chi connectivity index (χ0n) is 15.1. The standard InChI is InChI=1S/C18H19ClF3N5O/c1-12(26-7-9-27(10-8-26)17-23-5-2-6-24-17)16(28)25-15-4-3-13(19)11-14(15)18(20,21)22/h2-6,11-12H,7-10H2,1H3,(H,25,28). The van der Waals surface area contributed by atoms with Gasteiger partial charge in [-0.2, -0.15) is 13.2 Å². The second kappa shape index (κ2) is 8.32. The van der Waals surface area contributed by atoms with Gasteiger partial charge in [-0.25, -0.2) is 9.97 Å². The molecule has 1 aromatic carbocycles. The molecule has 1 N–H and O–H groups in total. The van der Waals surface area contributed by atoms with Gasteiger partial charge in [0.05, 0.1) is 17.3 Å². The number of nitrogens with zero attached hydrogens (tertiary/aromatic N) is 4. The van der Waals surface area contributed by atoms with E-state index >= 15 is 0 Å². The van der Waals surface area contributed by atoms with Crippen LogP contribution in [-0.2, 0) is 11.0 Å². The Morgan fingerprint density at radius 3 is 2.43 bits per heavy atom. The molecular formula is C18H19ClF3N5O. The van der Waals surface area contributed by atoms with Gasteiger partial charge in [0.15, 0.2) is 0 Å². The summed E-state index contributed by atoms with van der Waals surface area (Å²) >= 11 is 5.67. The van der Waals surface area contributed by atoms with Gasteiger partial charge in [-0.15, -0.1) is 0 Å². The van der Waals surface area contributed by atoms with Gasteiger partial charge in [0, 0.05) is 43.6 Å². The first-order chi connectivity index (χ1) is 13.3. The summed E-state index contributed by atoms with van der Waals surface area (Å²) < 4.78 is 39.6. The molecule has 1 atom stereocenters. The Kier molecular flexibility index (Phi) is 6.04. The fourth-order valence-corrected chi connectivity index (χ4v) is 3.20. The fourth-order valence-electron chi connectivity index (χ4n) is 3.03. The zero-order chi connectivity index (χ0) is 20.3. The highest BCUT2D eigenvalue weighted by Gasteiger charge is 2.35. The summed E-state index contributed by atoms with van der Waals surface area (Å²) in [4.78, 5) is 24.9. The van der Waals surface area contributed by atoms with Gasteiger partial charge in [-0.05, 0) is 31.2 Å². The topological polar surface area (TPSA) is 61.4 Å². The number of alkyl halides is 3. The maximum absolute atomic E-state index is 13.2. The second-order valence-electron chi connectivity index (χ2n) is 6.42. The van der Waals surface area contributed by atoms with Crippen LogP contribution in [-0.4, -0.2) is 53.0 Å². The van der Waals surface area contributed by atoms with Crippen LogP contribution in [0, 0.1) is 0 Å². The van der Waals surface area contributed by atoms with Crippen LogP contribution in [0.15, 0.2) is 36.7 Å². The first-order valence-electron chi connectivity index (χ1n) is 8.69. The summed E-state index contributed by atoms with van der Waals surface area (Å²) in [7, 11) is 0. The molecule has 1 unspecified atom stereocenters. The van der Waals surface area contributed by atoms with Crippen molar-refractivity contribution < 1.29 is 18.0 Å². The number of hydrogen-bond acceptors (Lipinski definition) is 5. The van der Waals surface area contributed by atoms with Gasteiger partial charge < -0.3 is 10.2 Å². The Bertz CT molecular complexity index is 826. The number of halogens is 4. The number of hydrogen-bond donors (Lipinski definition) is 1. The number of rotatable bonds is 4. The number of amides is 1. The SMILES string of the molecule is CC(C(=O)Nc1ccc(Cl)cc1C(F)(F)F)N1CCN(c2ncccn2)CC1. The lowest BCUT2D eigenvalue weighted by atomic mass is 10.1. The van der Waals surface area contributed by atoms with Crippen molar-refractivity contribution in [2.24, 2.45) is 0 Å². The third kappa shape index (κ3) is 4.71. The minimum atomic E-state index is -4.61. The van der Waals surface area contributed by atoms with Crippen LogP contribution >= 0.6 is 11.6 Å². The molecule has 1 aliphatic rings. The van der Waals surface area contributed by atoms with E-state index in [-0.39, 0.29) is 10.7 Å². The minimum Gasteiger partial charge on any atom is -0.338 e. The fraction of sp³-hybridized carbons (Fsp3) is 0.389. The van der Waals surface area contributed by atoms with Crippen LogP contribution < -0.4 is 10.2 Å². The molecule has 1 amide bonds. The van der Waals surface area contributed by atoms with E-state index in [1.54, 1.807) is 25.4 Å². The van der Waals surface area contributed by atoms with Crippen molar-refractivity contribution in [3.05, 3.63) is 47.2 Å². The van der Waals surface area contributed by atoms with Crippen molar-refractivity contribution in [3.8, 4) is 0 Å². The van der Waals surface area contributed by atoms with Crippen LogP contribution in [0.5, 0.6) is 0 Å². The van der Waals surface area contributed by atoms with Crippen LogP contribution in [0.25, 0.3) is 0 Å². The van der Waals surface area contributed by atoms with E-state index in [2.05, 4.69) is 15.3 Å². The number of aromatic nitrogens is 2. The van der Waals surface area contributed by atoms with E-state index in [1.807, 2.05) is 9.80 Å². The average Bonchev–Trinajstić information content (AvgIpc) is 2.68. The van der Waals surface area contributed by atoms with Crippen LogP contribution in [0.3, 0.4) is 0 Å². The lowest BCUT2D eigenvalue weighted by molar-refractivity contribution is -0.137. The Labute approximate surface area is 165 Å². The molecule has 0 radical (unpaired) electrons. The molecule has 150 valence electrons. The van der Waals surface area contributed by atoms with Gasteiger partial charge in [0.1, 0.15) is 0 Å². The number of carbonyl (C=O) groups excluding carboxylic acids is 1. The molecule has 0 aliphatic carbocycles. The van der Waals surface area contributed by atoms with E-state index in [9.17, 15) is 18.0 Å². The molecule has 0 saturated carbocycles. The third-order valence-corrected chi connectivity index (χ3v) is 4.86. The van der Waals surface area contributed by atoms with E-state index in [0.717, 1.165) is 6.07 Å². The molecule has 1 saturated heterocycles. The Morgan fingerprint density at radius 2 is 1.82 bits per heavy atom. The monoisotopic (exact) mass is 413 g/mol. The smallest absolute Gasteiger partial charge is 0.338 e. The Hall–Kier alpha value is -2.39. The van der Waals surface area contributed by atoms with Crippen molar-refractivity contribution in [2.75, 3.05) is 36.4 Å². The predicted molar refractivity (Wildman–Crippen MR) is 100 cm³/mol. The highest BCUT2D eigenvalue weighted by molar-refractivity contribution is 6.30. The lowest BCUT2D eigenvalue weighted by Crippen LogP contribution is -2.53. The number of benzene rings is 1. The van der Waals surface area contributed by atoms with Crippen molar-refractivity contribution >= 4 is 29.1 Å². The van der Waals surface area contributed by atoms with Gasteiger partial charge in [-0.3, -0.25) is 9.69 Å². The molecule has 6 nitrogen and oxygen atoms in total. The lowest BCUT2D eigenvalue weighted by Gasteiger charge is -2.37.